The molecule has 194 valence electrons. The van der Waals surface area contributed by atoms with E-state index >= 15 is 0 Å². The Bertz CT molecular complexity index is 2410. The molecular weight excluding hydrogens is 549 g/mol. The van der Waals surface area contributed by atoms with Crippen molar-refractivity contribution in [1.29, 1.82) is 10.5 Å². The highest BCUT2D eigenvalue weighted by molar-refractivity contribution is 7.26. The number of fused-ring (bicyclic) bond motifs is 6. The average Bonchev–Trinajstić information content (AvgIpc) is 3.62. The molecule has 4 heteroatoms. The van der Waals surface area contributed by atoms with Gasteiger partial charge < -0.3 is 0 Å². The van der Waals surface area contributed by atoms with E-state index in [0.29, 0.717) is 16.7 Å². The average molecular weight is 569 g/mol. The van der Waals surface area contributed by atoms with Gasteiger partial charge in [0, 0.05) is 45.9 Å². The molecule has 0 radical (unpaired) electrons. The first kappa shape index (κ1) is 24.5. The topological polar surface area (TPSA) is 47.6 Å². The van der Waals surface area contributed by atoms with Gasteiger partial charge in [-0.05, 0) is 76.3 Å². The fourth-order valence-corrected chi connectivity index (χ4v) is 8.49. The predicted molar refractivity (Wildman–Crippen MR) is 178 cm³/mol. The molecule has 2 heterocycles. The molecule has 0 unspecified atom stereocenters. The fraction of sp³-hybridized carbons (Fsp3) is 0. The molecule has 0 spiro atoms. The van der Waals surface area contributed by atoms with E-state index in [2.05, 4.69) is 115 Å². The number of hydrogen-bond donors (Lipinski definition) is 0. The molecular formula is C38H20N2S2. The van der Waals surface area contributed by atoms with Gasteiger partial charge in [-0.25, -0.2) is 0 Å². The van der Waals surface area contributed by atoms with Gasteiger partial charge in [-0.3, -0.25) is 0 Å². The third kappa shape index (κ3) is 3.75. The van der Waals surface area contributed by atoms with Crippen LogP contribution in [0.3, 0.4) is 0 Å². The molecule has 2 aromatic heterocycles. The van der Waals surface area contributed by atoms with Gasteiger partial charge in [-0.2, -0.15) is 10.5 Å². The van der Waals surface area contributed by atoms with Crippen LogP contribution in [0.5, 0.6) is 0 Å². The molecule has 0 aliphatic heterocycles. The molecule has 2 nitrogen and oxygen atoms in total. The third-order valence-electron chi connectivity index (χ3n) is 7.96. The van der Waals surface area contributed by atoms with Crippen LogP contribution in [0, 0.1) is 22.7 Å². The smallest absolute Gasteiger partial charge is 0.0998 e. The van der Waals surface area contributed by atoms with Crippen molar-refractivity contribution in [1.82, 2.24) is 0 Å². The lowest BCUT2D eigenvalue weighted by atomic mass is 9.88. The largest absolute Gasteiger partial charge is 0.192 e. The zero-order chi connectivity index (χ0) is 28.2. The Labute approximate surface area is 250 Å². The van der Waals surface area contributed by atoms with Crippen LogP contribution in [0.1, 0.15) is 11.1 Å². The van der Waals surface area contributed by atoms with E-state index in [1.807, 2.05) is 0 Å². The lowest BCUT2D eigenvalue weighted by Crippen LogP contribution is -1.92. The van der Waals surface area contributed by atoms with Gasteiger partial charge in [0.2, 0.25) is 0 Å². The summed E-state index contributed by atoms with van der Waals surface area (Å²) in [6.45, 7) is 0. The van der Waals surface area contributed by atoms with Gasteiger partial charge in [0.1, 0.15) is 0 Å². The second-order valence-electron chi connectivity index (χ2n) is 10.3. The molecule has 0 saturated heterocycles. The number of benzene rings is 6. The molecule has 42 heavy (non-hydrogen) atoms. The summed E-state index contributed by atoms with van der Waals surface area (Å²) >= 11 is 3.61. The lowest BCUT2D eigenvalue weighted by molar-refractivity contribution is 1.44. The number of nitrogens with zero attached hydrogens (tertiary/aromatic N) is 2. The number of hydrogen-bond acceptors (Lipinski definition) is 4. The summed E-state index contributed by atoms with van der Waals surface area (Å²) in [6.07, 6.45) is 0. The molecule has 0 amide bonds. The Morgan fingerprint density at radius 1 is 0.452 bits per heavy atom. The van der Waals surface area contributed by atoms with Crippen LogP contribution in [-0.2, 0) is 0 Å². The van der Waals surface area contributed by atoms with Crippen molar-refractivity contribution in [2.75, 3.05) is 0 Å². The van der Waals surface area contributed by atoms with Crippen molar-refractivity contribution < 1.29 is 0 Å². The summed E-state index contributed by atoms with van der Waals surface area (Å²) in [5.74, 6) is 0. The van der Waals surface area contributed by atoms with Gasteiger partial charge in [0.25, 0.3) is 0 Å². The van der Waals surface area contributed by atoms with Crippen LogP contribution in [0.4, 0.5) is 0 Å². The number of thiophene rings is 2. The van der Waals surface area contributed by atoms with E-state index in [9.17, 15) is 10.5 Å². The zero-order valence-electron chi connectivity index (χ0n) is 22.3. The van der Waals surface area contributed by atoms with Crippen molar-refractivity contribution >= 4 is 63.0 Å². The van der Waals surface area contributed by atoms with E-state index in [1.54, 1.807) is 40.9 Å². The van der Waals surface area contributed by atoms with Crippen LogP contribution in [0.25, 0.3) is 73.7 Å². The Kier molecular flexibility index (Phi) is 5.66. The summed E-state index contributed by atoms with van der Waals surface area (Å²) in [5, 5.41) is 25.1. The van der Waals surface area contributed by atoms with Gasteiger partial charge in [0.05, 0.1) is 23.3 Å². The minimum atomic E-state index is 0.497. The van der Waals surface area contributed by atoms with Crippen molar-refractivity contribution in [3.8, 4) is 45.5 Å². The Balaban J connectivity index is 1.48. The van der Waals surface area contributed by atoms with Crippen LogP contribution >= 0.6 is 22.7 Å². The van der Waals surface area contributed by atoms with Gasteiger partial charge in [0.15, 0.2) is 0 Å². The van der Waals surface area contributed by atoms with Crippen molar-refractivity contribution in [3.63, 3.8) is 0 Å². The van der Waals surface area contributed by atoms with E-state index in [0.717, 1.165) is 27.8 Å². The predicted octanol–water partition coefficient (Wildman–Crippen LogP) is 11.2. The van der Waals surface area contributed by atoms with Crippen LogP contribution in [-0.4, -0.2) is 0 Å². The maximum absolute atomic E-state index is 10.1. The Morgan fingerprint density at radius 3 is 1.76 bits per heavy atom. The normalized spacial score (nSPS) is 11.3. The third-order valence-corrected chi connectivity index (χ3v) is 10.3. The number of rotatable bonds is 3. The van der Waals surface area contributed by atoms with Gasteiger partial charge in [-0.15, -0.1) is 22.7 Å². The standard InChI is InChI=1S/C38H20N2S2/c39-21-23-8-5-9-24(22-40)36(23)27-19-25(28-12-7-17-35-37(28)32-11-2-4-16-34(32)41-35)18-26(20-27)29-13-6-14-31-30-10-1-3-15-33(30)42-38(29)31/h1-20H. The van der Waals surface area contributed by atoms with Crippen LogP contribution < -0.4 is 0 Å². The molecule has 0 atom stereocenters. The van der Waals surface area contributed by atoms with Crippen molar-refractivity contribution in [2.24, 2.45) is 0 Å². The fourth-order valence-electron chi connectivity index (χ4n) is 6.12. The van der Waals surface area contributed by atoms with Crippen molar-refractivity contribution in [2.45, 2.75) is 0 Å². The maximum Gasteiger partial charge on any atom is 0.0998 e. The summed E-state index contributed by atoms with van der Waals surface area (Å²) in [7, 11) is 0. The molecule has 0 fully saturated rings. The second kappa shape index (κ2) is 9.68. The molecule has 0 bridgehead atoms. The van der Waals surface area contributed by atoms with Crippen LogP contribution in [0.2, 0.25) is 0 Å². The zero-order valence-corrected chi connectivity index (χ0v) is 23.9. The quantitative estimate of drug-likeness (QED) is 0.213. The molecule has 0 aliphatic rings. The molecule has 0 N–H and O–H groups in total. The maximum atomic E-state index is 10.1. The van der Waals surface area contributed by atoms with E-state index in [-0.39, 0.29) is 0 Å². The lowest BCUT2D eigenvalue weighted by Gasteiger charge is -2.14. The molecule has 6 aromatic carbocycles. The summed E-state index contributed by atoms with van der Waals surface area (Å²) in [4.78, 5) is 0. The van der Waals surface area contributed by atoms with Gasteiger partial charge in [-0.1, -0.05) is 72.8 Å². The van der Waals surface area contributed by atoms with Crippen LogP contribution in [0.15, 0.2) is 121 Å². The first-order chi connectivity index (χ1) is 20.7. The van der Waals surface area contributed by atoms with E-state index in [4.69, 9.17) is 0 Å². The SMILES string of the molecule is N#Cc1cccc(C#N)c1-c1cc(-c2cccc3c2sc2ccccc23)cc(-c2cccc3sc4ccccc4c23)c1. The Morgan fingerprint density at radius 2 is 1.00 bits per heavy atom. The van der Waals surface area contributed by atoms with Gasteiger partial charge >= 0.3 is 0 Å². The Hall–Kier alpha value is -5.26. The second-order valence-corrected chi connectivity index (χ2v) is 12.4. The number of nitriles is 2. The highest BCUT2D eigenvalue weighted by atomic mass is 32.1. The van der Waals surface area contributed by atoms with E-state index < -0.39 is 0 Å². The molecule has 8 rings (SSSR count). The highest BCUT2D eigenvalue weighted by Gasteiger charge is 2.18. The summed E-state index contributed by atoms with van der Waals surface area (Å²) in [5.41, 5.74) is 6.95. The molecule has 8 aromatic rings. The minimum absolute atomic E-state index is 0.497. The first-order valence-corrected chi connectivity index (χ1v) is 15.3. The van der Waals surface area contributed by atoms with E-state index in [1.165, 1.54) is 40.3 Å². The monoisotopic (exact) mass is 568 g/mol. The summed E-state index contributed by atoms with van der Waals surface area (Å²) < 4.78 is 4.98. The minimum Gasteiger partial charge on any atom is -0.192 e. The highest BCUT2D eigenvalue weighted by Crippen LogP contribution is 2.45. The molecule has 0 aliphatic carbocycles. The van der Waals surface area contributed by atoms with Crippen molar-refractivity contribution in [3.05, 3.63) is 132 Å². The summed E-state index contributed by atoms with van der Waals surface area (Å²) in [6, 6.07) is 46.7. The first-order valence-electron chi connectivity index (χ1n) is 13.6. The molecule has 0 saturated carbocycles.